The van der Waals surface area contributed by atoms with Crippen molar-refractivity contribution in [3.8, 4) is 0 Å². The normalized spacial score (nSPS) is 16.2. The van der Waals surface area contributed by atoms with Gasteiger partial charge in [0.1, 0.15) is 10.7 Å². The molecule has 0 amide bonds. The molecule has 0 unspecified atom stereocenters. The molecular weight excluding hydrogens is 320 g/mol. The third kappa shape index (κ3) is 2.99. The molecule has 2 aromatic rings. The fraction of sp³-hybridized carbons (Fsp3) is 0.211. The zero-order valence-electron chi connectivity index (χ0n) is 14.2. The maximum absolute atomic E-state index is 12.5. The number of nitrogens with zero attached hydrogens (tertiary/aromatic N) is 1. The van der Waals surface area contributed by atoms with Crippen LogP contribution in [0.3, 0.4) is 0 Å². The first-order valence-corrected chi connectivity index (χ1v) is 9.19. The molecule has 0 atom stereocenters. The van der Waals surface area contributed by atoms with Gasteiger partial charge < -0.3 is 5.32 Å². The minimum Gasteiger partial charge on any atom is -0.339 e. The minimum atomic E-state index is -3.69. The van der Waals surface area contributed by atoms with Crippen molar-refractivity contribution in [2.45, 2.75) is 27.7 Å². The molecule has 24 heavy (non-hydrogen) atoms. The highest BCUT2D eigenvalue weighted by atomic mass is 32.2. The molecule has 1 heterocycles. The maximum Gasteiger partial charge on any atom is 0.285 e. The van der Waals surface area contributed by atoms with E-state index in [1.807, 2.05) is 63.2 Å². The van der Waals surface area contributed by atoms with Crippen LogP contribution in [0.25, 0.3) is 4.91 Å². The van der Waals surface area contributed by atoms with E-state index in [-0.39, 0.29) is 4.91 Å². The third-order valence-electron chi connectivity index (χ3n) is 4.25. The largest absolute Gasteiger partial charge is 0.339 e. The van der Waals surface area contributed by atoms with E-state index in [4.69, 9.17) is 0 Å². The van der Waals surface area contributed by atoms with Crippen LogP contribution in [-0.4, -0.2) is 14.3 Å². The molecule has 124 valence electrons. The van der Waals surface area contributed by atoms with Crippen molar-refractivity contribution in [3.05, 3.63) is 70.3 Å². The van der Waals surface area contributed by atoms with Gasteiger partial charge in [-0.2, -0.15) is 8.42 Å². The van der Waals surface area contributed by atoms with E-state index in [0.29, 0.717) is 17.0 Å². The van der Waals surface area contributed by atoms with Gasteiger partial charge in [-0.15, -0.1) is 4.40 Å². The van der Waals surface area contributed by atoms with Crippen LogP contribution in [0.15, 0.2) is 52.4 Å². The molecule has 1 N–H and O–H groups in total. The van der Waals surface area contributed by atoms with Gasteiger partial charge in [0.15, 0.2) is 0 Å². The molecule has 4 nitrogen and oxygen atoms in total. The topological polar surface area (TPSA) is 58.5 Å². The van der Waals surface area contributed by atoms with Gasteiger partial charge in [-0.05, 0) is 56.5 Å². The second kappa shape index (κ2) is 5.91. The second-order valence-electron chi connectivity index (χ2n) is 6.16. The summed E-state index contributed by atoms with van der Waals surface area (Å²) in [7, 11) is -3.69. The van der Waals surface area contributed by atoms with Crippen LogP contribution in [0.4, 0.5) is 5.69 Å². The zero-order chi connectivity index (χ0) is 17.5. The summed E-state index contributed by atoms with van der Waals surface area (Å²) in [6, 6.07) is 13.4. The number of sulfonamides is 1. The molecule has 0 aromatic heterocycles. The highest BCUT2D eigenvalue weighted by Gasteiger charge is 2.31. The van der Waals surface area contributed by atoms with Crippen molar-refractivity contribution in [3.63, 3.8) is 0 Å². The fourth-order valence-electron chi connectivity index (χ4n) is 2.67. The van der Waals surface area contributed by atoms with E-state index < -0.39 is 10.0 Å². The smallest absolute Gasteiger partial charge is 0.285 e. The number of hydrogen-bond donors (Lipinski definition) is 1. The zero-order valence-corrected chi connectivity index (χ0v) is 15.0. The molecular formula is C19H20N2O2S. The lowest BCUT2D eigenvalue weighted by Crippen LogP contribution is -2.11. The lowest BCUT2D eigenvalue weighted by atomic mass is 10.0. The van der Waals surface area contributed by atoms with Crippen LogP contribution in [-0.2, 0) is 10.0 Å². The average Bonchev–Trinajstić information content (AvgIpc) is 2.74. The summed E-state index contributed by atoms with van der Waals surface area (Å²) in [5, 5.41) is 3.11. The van der Waals surface area contributed by atoms with Crippen LogP contribution in [0.2, 0.25) is 0 Å². The number of amidine groups is 1. The van der Waals surface area contributed by atoms with Crippen LogP contribution in [0.5, 0.6) is 0 Å². The van der Waals surface area contributed by atoms with Gasteiger partial charge in [0.25, 0.3) is 10.0 Å². The number of hydrogen-bond acceptors (Lipinski definition) is 3. The van der Waals surface area contributed by atoms with Crippen molar-refractivity contribution in [2.24, 2.45) is 4.40 Å². The average molecular weight is 340 g/mol. The van der Waals surface area contributed by atoms with Crippen molar-refractivity contribution in [2.75, 3.05) is 5.32 Å². The SMILES string of the molecule is CC1=C(c2ccc(C)c(C)c2)S(=O)(=O)N=C1Nc1ccc(C)cc1. The highest BCUT2D eigenvalue weighted by molar-refractivity contribution is 8.00. The lowest BCUT2D eigenvalue weighted by molar-refractivity contribution is 0.608. The Morgan fingerprint density at radius 1 is 0.875 bits per heavy atom. The van der Waals surface area contributed by atoms with Crippen molar-refractivity contribution < 1.29 is 8.42 Å². The van der Waals surface area contributed by atoms with E-state index in [1.54, 1.807) is 6.92 Å². The first-order valence-electron chi connectivity index (χ1n) is 7.75. The quantitative estimate of drug-likeness (QED) is 0.891. The van der Waals surface area contributed by atoms with Crippen LogP contribution in [0.1, 0.15) is 29.2 Å². The molecule has 5 heteroatoms. The minimum absolute atomic E-state index is 0.278. The number of benzene rings is 2. The Kier molecular flexibility index (Phi) is 4.05. The van der Waals surface area contributed by atoms with Gasteiger partial charge in [-0.1, -0.05) is 35.9 Å². The predicted molar refractivity (Wildman–Crippen MR) is 99.7 cm³/mol. The highest BCUT2D eigenvalue weighted by Crippen LogP contribution is 2.33. The summed E-state index contributed by atoms with van der Waals surface area (Å²) in [4.78, 5) is 0.278. The molecule has 1 aliphatic heterocycles. The second-order valence-corrected chi connectivity index (χ2v) is 7.70. The van der Waals surface area contributed by atoms with Crippen molar-refractivity contribution >= 4 is 26.5 Å². The Bertz CT molecular complexity index is 969. The van der Waals surface area contributed by atoms with Crippen LogP contribution < -0.4 is 5.32 Å². The molecule has 0 radical (unpaired) electrons. The molecule has 0 aliphatic carbocycles. The summed E-state index contributed by atoms with van der Waals surface area (Å²) in [6.45, 7) is 7.77. The van der Waals surface area contributed by atoms with Crippen LogP contribution >= 0.6 is 0 Å². The molecule has 3 rings (SSSR count). The fourth-order valence-corrected chi connectivity index (χ4v) is 4.10. The molecule has 0 saturated carbocycles. The summed E-state index contributed by atoms with van der Waals surface area (Å²) in [5.41, 5.74) is 5.47. The number of aryl methyl sites for hydroxylation is 3. The standard InChI is InChI=1S/C19H20N2O2S/c1-12-5-9-17(10-6-12)20-19-15(4)18(24(22,23)21-19)16-8-7-13(2)14(3)11-16/h5-11H,1-4H3,(H,20,21). The van der Waals surface area contributed by atoms with Crippen LogP contribution in [0, 0.1) is 20.8 Å². The van der Waals surface area contributed by atoms with Gasteiger partial charge >= 0.3 is 0 Å². The summed E-state index contributed by atoms with van der Waals surface area (Å²) in [5.74, 6) is 0.382. The number of rotatable bonds is 2. The first-order chi connectivity index (χ1) is 11.3. The van der Waals surface area contributed by atoms with E-state index in [1.165, 1.54) is 0 Å². The van der Waals surface area contributed by atoms with Gasteiger partial charge in [-0.25, -0.2) is 0 Å². The van der Waals surface area contributed by atoms with Gasteiger partial charge in [0.05, 0.1) is 0 Å². The Labute approximate surface area is 143 Å². The van der Waals surface area contributed by atoms with E-state index in [0.717, 1.165) is 22.4 Å². The Morgan fingerprint density at radius 3 is 2.17 bits per heavy atom. The van der Waals surface area contributed by atoms with Crippen molar-refractivity contribution in [1.29, 1.82) is 0 Å². The van der Waals surface area contributed by atoms with Gasteiger partial charge in [0, 0.05) is 11.3 Å². The number of nitrogens with one attached hydrogen (secondary N) is 1. The Balaban J connectivity index is 2.02. The molecule has 0 bridgehead atoms. The summed E-state index contributed by atoms with van der Waals surface area (Å²) >= 11 is 0. The van der Waals surface area contributed by atoms with Gasteiger partial charge in [-0.3, -0.25) is 0 Å². The monoisotopic (exact) mass is 340 g/mol. The van der Waals surface area contributed by atoms with E-state index in [9.17, 15) is 8.42 Å². The molecule has 2 aromatic carbocycles. The van der Waals surface area contributed by atoms with E-state index in [2.05, 4.69) is 9.71 Å². The Morgan fingerprint density at radius 2 is 1.54 bits per heavy atom. The Hall–Kier alpha value is -2.40. The maximum atomic E-state index is 12.5. The summed E-state index contributed by atoms with van der Waals surface area (Å²) in [6.07, 6.45) is 0. The van der Waals surface area contributed by atoms with Gasteiger partial charge in [0.2, 0.25) is 0 Å². The lowest BCUT2D eigenvalue weighted by Gasteiger charge is -2.08. The molecule has 0 spiro atoms. The summed E-state index contributed by atoms with van der Waals surface area (Å²) < 4.78 is 29.0. The van der Waals surface area contributed by atoms with Crippen molar-refractivity contribution in [1.82, 2.24) is 0 Å². The molecule has 0 fully saturated rings. The predicted octanol–water partition coefficient (Wildman–Crippen LogP) is 4.20. The van der Waals surface area contributed by atoms with E-state index >= 15 is 0 Å². The molecule has 1 aliphatic rings. The number of anilines is 1. The molecule has 0 saturated heterocycles. The first kappa shape index (κ1) is 16.5. The third-order valence-corrected chi connectivity index (χ3v) is 5.73.